The van der Waals surface area contributed by atoms with Gasteiger partial charge in [0.25, 0.3) is 0 Å². The number of rotatable bonds is 5. The summed E-state index contributed by atoms with van der Waals surface area (Å²) in [5.41, 5.74) is 3.14. The molecule has 1 aliphatic rings. The average molecular weight is 304 g/mol. The highest BCUT2D eigenvalue weighted by Crippen LogP contribution is 2.23. The van der Waals surface area contributed by atoms with E-state index in [1.54, 1.807) is 0 Å². The smallest absolute Gasteiger partial charge is 0.238 e. The van der Waals surface area contributed by atoms with E-state index < -0.39 is 0 Å². The summed E-state index contributed by atoms with van der Waals surface area (Å²) in [6.45, 7) is 4.56. The number of hydrogen-bond acceptors (Lipinski definition) is 3. The van der Waals surface area contributed by atoms with Gasteiger partial charge < -0.3 is 15.7 Å². The minimum atomic E-state index is -0.0223. The van der Waals surface area contributed by atoms with Gasteiger partial charge in [0, 0.05) is 18.3 Å². The second kappa shape index (κ2) is 8.30. The van der Waals surface area contributed by atoms with E-state index in [2.05, 4.69) is 16.7 Å². The van der Waals surface area contributed by atoms with Gasteiger partial charge in [-0.25, -0.2) is 0 Å². The maximum Gasteiger partial charge on any atom is 0.238 e. The zero-order valence-corrected chi connectivity index (χ0v) is 13.7. The molecule has 1 saturated carbocycles. The Hall–Kier alpha value is -1.39. The molecule has 22 heavy (non-hydrogen) atoms. The van der Waals surface area contributed by atoms with E-state index in [1.807, 2.05) is 26.0 Å². The summed E-state index contributed by atoms with van der Waals surface area (Å²) < 4.78 is 0. The molecule has 2 atom stereocenters. The SMILES string of the molecule is Cc1cc(C)cc(NC(=O)CN[C@H]2CCCCC[C@H]2CO)c1. The van der Waals surface area contributed by atoms with Crippen LogP contribution in [0.4, 0.5) is 5.69 Å². The Morgan fingerprint density at radius 1 is 1.14 bits per heavy atom. The van der Waals surface area contributed by atoms with E-state index in [1.165, 1.54) is 19.3 Å². The quantitative estimate of drug-likeness (QED) is 0.733. The van der Waals surface area contributed by atoms with E-state index >= 15 is 0 Å². The zero-order chi connectivity index (χ0) is 15.9. The lowest BCUT2D eigenvalue weighted by Gasteiger charge is -2.24. The van der Waals surface area contributed by atoms with Crippen molar-refractivity contribution >= 4 is 11.6 Å². The maximum atomic E-state index is 12.1. The van der Waals surface area contributed by atoms with Crippen molar-refractivity contribution in [3.05, 3.63) is 29.3 Å². The molecule has 1 fully saturated rings. The predicted octanol–water partition coefficient (Wildman–Crippen LogP) is 2.77. The van der Waals surface area contributed by atoms with Gasteiger partial charge >= 0.3 is 0 Å². The van der Waals surface area contributed by atoms with Crippen LogP contribution >= 0.6 is 0 Å². The topological polar surface area (TPSA) is 61.4 Å². The Labute approximate surface area is 133 Å². The summed E-state index contributed by atoms with van der Waals surface area (Å²) in [7, 11) is 0. The van der Waals surface area contributed by atoms with Crippen molar-refractivity contribution in [1.29, 1.82) is 0 Å². The molecule has 0 radical (unpaired) electrons. The third-order valence-electron chi connectivity index (χ3n) is 4.42. The summed E-state index contributed by atoms with van der Waals surface area (Å²) >= 11 is 0. The van der Waals surface area contributed by atoms with Crippen molar-refractivity contribution in [2.45, 2.75) is 52.0 Å². The lowest BCUT2D eigenvalue weighted by molar-refractivity contribution is -0.115. The first-order valence-electron chi connectivity index (χ1n) is 8.31. The van der Waals surface area contributed by atoms with Gasteiger partial charge in [-0.05, 0) is 55.9 Å². The maximum absolute atomic E-state index is 12.1. The number of aryl methyl sites for hydroxylation is 2. The molecular formula is C18H28N2O2. The number of hydrogen-bond donors (Lipinski definition) is 3. The molecule has 3 N–H and O–H groups in total. The number of carbonyl (C=O) groups is 1. The van der Waals surface area contributed by atoms with E-state index in [9.17, 15) is 9.90 Å². The molecule has 0 bridgehead atoms. The number of nitrogens with one attached hydrogen (secondary N) is 2. The summed E-state index contributed by atoms with van der Waals surface area (Å²) in [5.74, 6) is 0.252. The zero-order valence-electron chi connectivity index (χ0n) is 13.7. The minimum absolute atomic E-state index is 0.0223. The third kappa shape index (κ3) is 5.11. The van der Waals surface area contributed by atoms with Crippen LogP contribution in [0.3, 0.4) is 0 Å². The molecule has 1 amide bonds. The number of benzene rings is 1. The van der Waals surface area contributed by atoms with Crippen LogP contribution in [-0.2, 0) is 4.79 Å². The Morgan fingerprint density at radius 3 is 2.50 bits per heavy atom. The number of amides is 1. The highest BCUT2D eigenvalue weighted by Gasteiger charge is 2.23. The van der Waals surface area contributed by atoms with E-state index in [0.717, 1.165) is 29.7 Å². The second-order valence-electron chi connectivity index (χ2n) is 6.49. The van der Waals surface area contributed by atoms with Crippen LogP contribution in [0.2, 0.25) is 0 Å². The van der Waals surface area contributed by atoms with Crippen molar-refractivity contribution in [2.24, 2.45) is 5.92 Å². The van der Waals surface area contributed by atoms with Gasteiger partial charge in [-0.1, -0.05) is 25.3 Å². The summed E-state index contributed by atoms with van der Waals surface area (Å²) in [6, 6.07) is 6.29. The molecule has 0 heterocycles. The summed E-state index contributed by atoms with van der Waals surface area (Å²) in [5, 5.41) is 15.8. The molecule has 4 heteroatoms. The standard InChI is InChI=1S/C18H28N2O2/c1-13-8-14(2)10-16(9-13)20-18(22)11-19-17-7-5-3-4-6-15(17)12-21/h8-10,15,17,19,21H,3-7,11-12H2,1-2H3,(H,20,22)/t15-,17-/m0/s1. The third-order valence-corrected chi connectivity index (χ3v) is 4.42. The van der Waals surface area contributed by atoms with Crippen molar-refractivity contribution in [3.63, 3.8) is 0 Å². The largest absolute Gasteiger partial charge is 0.396 e. The second-order valence-corrected chi connectivity index (χ2v) is 6.49. The van der Waals surface area contributed by atoms with E-state index in [-0.39, 0.29) is 24.5 Å². The molecule has 0 aliphatic heterocycles. The van der Waals surface area contributed by atoms with Gasteiger partial charge in [0.1, 0.15) is 0 Å². The Bertz CT molecular complexity index is 482. The first-order valence-corrected chi connectivity index (χ1v) is 8.31. The molecule has 0 unspecified atom stereocenters. The van der Waals surface area contributed by atoms with E-state index in [0.29, 0.717) is 6.54 Å². The molecule has 122 valence electrons. The van der Waals surface area contributed by atoms with Gasteiger partial charge in [-0.2, -0.15) is 0 Å². The van der Waals surface area contributed by atoms with Crippen LogP contribution in [0.5, 0.6) is 0 Å². The lowest BCUT2D eigenvalue weighted by Crippen LogP contribution is -2.41. The highest BCUT2D eigenvalue weighted by atomic mass is 16.3. The fraction of sp³-hybridized carbons (Fsp3) is 0.611. The van der Waals surface area contributed by atoms with Crippen LogP contribution < -0.4 is 10.6 Å². The molecule has 0 aromatic heterocycles. The molecule has 1 aromatic carbocycles. The molecule has 2 rings (SSSR count). The van der Waals surface area contributed by atoms with Crippen molar-refractivity contribution < 1.29 is 9.90 Å². The van der Waals surface area contributed by atoms with E-state index in [4.69, 9.17) is 0 Å². The van der Waals surface area contributed by atoms with Gasteiger partial charge in [-0.15, -0.1) is 0 Å². The van der Waals surface area contributed by atoms with Gasteiger partial charge in [0.2, 0.25) is 5.91 Å². The highest BCUT2D eigenvalue weighted by molar-refractivity contribution is 5.92. The van der Waals surface area contributed by atoms with Crippen LogP contribution in [0, 0.1) is 19.8 Å². The molecule has 4 nitrogen and oxygen atoms in total. The van der Waals surface area contributed by atoms with Gasteiger partial charge in [0.15, 0.2) is 0 Å². The fourth-order valence-electron chi connectivity index (χ4n) is 3.35. The Kier molecular flexibility index (Phi) is 6.40. The number of aliphatic hydroxyl groups is 1. The van der Waals surface area contributed by atoms with Crippen molar-refractivity contribution in [1.82, 2.24) is 5.32 Å². The molecule has 0 saturated heterocycles. The van der Waals surface area contributed by atoms with Gasteiger partial charge in [0.05, 0.1) is 6.54 Å². The molecule has 0 spiro atoms. The van der Waals surface area contributed by atoms with Crippen LogP contribution in [0.1, 0.15) is 43.2 Å². The number of aliphatic hydroxyl groups excluding tert-OH is 1. The first-order chi connectivity index (χ1) is 10.6. The lowest BCUT2D eigenvalue weighted by atomic mass is 9.96. The predicted molar refractivity (Wildman–Crippen MR) is 90.0 cm³/mol. The van der Waals surface area contributed by atoms with Crippen molar-refractivity contribution in [2.75, 3.05) is 18.5 Å². The number of carbonyl (C=O) groups excluding carboxylic acids is 1. The Morgan fingerprint density at radius 2 is 1.82 bits per heavy atom. The van der Waals surface area contributed by atoms with Crippen LogP contribution in [0.15, 0.2) is 18.2 Å². The monoisotopic (exact) mass is 304 g/mol. The minimum Gasteiger partial charge on any atom is -0.396 e. The number of anilines is 1. The van der Waals surface area contributed by atoms with Crippen molar-refractivity contribution in [3.8, 4) is 0 Å². The summed E-state index contributed by atoms with van der Waals surface area (Å²) in [4.78, 5) is 12.1. The van der Waals surface area contributed by atoms with Gasteiger partial charge in [-0.3, -0.25) is 4.79 Å². The average Bonchev–Trinajstić information content (AvgIpc) is 2.68. The summed E-state index contributed by atoms with van der Waals surface area (Å²) in [6.07, 6.45) is 5.67. The fourth-order valence-corrected chi connectivity index (χ4v) is 3.35. The normalized spacial score (nSPS) is 22.1. The first kappa shape index (κ1) is 17.0. The molecule has 1 aliphatic carbocycles. The van der Waals surface area contributed by atoms with Crippen LogP contribution in [-0.4, -0.2) is 30.2 Å². The molecule has 1 aromatic rings. The molecular weight excluding hydrogens is 276 g/mol. The van der Waals surface area contributed by atoms with Crippen LogP contribution in [0.25, 0.3) is 0 Å². The Balaban J connectivity index is 1.86.